The third-order valence-corrected chi connectivity index (χ3v) is 3.97. The fraction of sp³-hybridized carbons (Fsp3) is 0.167. The average Bonchev–Trinajstić information content (AvgIpc) is 2.58. The topological polar surface area (TPSA) is 80.7 Å². The summed E-state index contributed by atoms with van der Waals surface area (Å²) < 4.78 is 4.60. The molecular weight excluding hydrogens is 296 g/mol. The molecule has 0 saturated heterocycles. The number of esters is 1. The summed E-state index contributed by atoms with van der Waals surface area (Å²) in [6.45, 7) is 0. The lowest BCUT2D eigenvalue weighted by molar-refractivity contribution is -0.140. The van der Waals surface area contributed by atoms with Crippen LogP contribution in [0.1, 0.15) is 43.8 Å². The highest BCUT2D eigenvalue weighted by molar-refractivity contribution is 6.29. The molecule has 0 atom stereocenters. The van der Waals surface area contributed by atoms with Crippen molar-refractivity contribution in [2.45, 2.75) is 12.8 Å². The first-order valence-corrected chi connectivity index (χ1v) is 7.14. The molecule has 0 bridgehead atoms. The van der Waals surface area contributed by atoms with Crippen LogP contribution in [0.2, 0.25) is 0 Å². The quantitative estimate of drug-likeness (QED) is 0.751. The van der Waals surface area contributed by atoms with Crippen LogP contribution in [0.3, 0.4) is 0 Å². The second-order valence-corrected chi connectivity index (χ2v) is 5.27. The summed E-state index contributed by atoms with van der Waals surface area (Å²) in [7, 11) is 1.29. The lowest BCUT2D eigenvalue weighted by Crippen LogP contribution is -2.23. The summed E-state index contributed by atoms with van der Waals surface area (Å²) in [6, 6.07) is 9.46. The van der Waals surface area contributed by atoms with Crippen LogP contribution in [0.25, 0.3) is 0 Å². The summed E-state index contributed by atoms with van der Waals surface area (Å²) in [5.74, 6) is -1.32. The first-order chi connectivity index (χ1) is 11.0. The van der Waals surface area contributed by atoms with Gasteiger partial charge in [-0.15, -0.1) is 0 Å². The van der Waals surface area contributed by atoms with E-state index in [1.54, 1.807) is 30.3 Å². The molecule has 0 radical (unpaired) electrons. The predicted molar refractivity (Wildman–Crippen MR) is 81.8 cm³/mol. The number of aryl methyl sites for hydroxylation is 1. The summed E-state index contributed by atoms with van der Waals surface area (Å²) in [5.41, 5.74) is 1.34. The Morgan fingerprint density at radius 1 is 1.00 bits per heavy atom. The van der Waals surface area contributed by atoms with E-state index < -0.39 is 5.97 Å². The van der Waals surface area contributed by atoms with Gasteiger partial charge in [-0.3, -0.25) is 14.4 Å². The summed E-state index contributed by atoms with van der Waals surface area (Å²) in [4.78, 5) is 36.7. The number of fused-ring (bicyclic) bond motifs is 2. The number of methoxy groups -OCH3 is 1. The number of carbonyl (C=O) groups excluding carboxylic acids is 3. The van der Waals surface area contributed by atoms with Gasteiger partial charge in [-0.1, -0.05) is 30.3 Å². The lowest BCUT2D eigenvalue weighted by Gasteiger charge is -2.21. The number of aromatic hydroxyl groups is 1. The molecule has 3 rings (SSSR count). The van der Waals surface area contributed by atoms with Crippen molar-refractivity contribution in [2.24, 2.45) is 0 Å². The second kappa shape index (κ2) is 5.68. The van der Waals surface area contributed by atoms with Gasteiger partial charge in [0.15, 0.2) is 11.6 Å². The van der Waals surface area contributed by atoms with E-state index in [9.17, 15) is 19.5 Å². The zero-order chi connectivity index (χ0) is 16.6. The van der Waals surface area contributed by atoms with Crippen LogP contribution >= 0.6 is 0 Å². The van der Waals surface area contributed by atoms with Crippen LogP contribution in [-0.2, 0) is 16.0 Å². The van der Waals surface area contributed by atoms with Crippen LogP contribution in [0.5, 0.6) is 5.75 Å². The Kier molecular flexibility index (Phi) is 3.70. The fourth-order valence-electron chi connectivity index (χ4n) is 2.82. The first-order valence-electron chi connectivity index (χ1n) is 7.14. The molecule has 5 heteroatoms. The van der Waals surface area contributed by atoms with E-state index in [-0.39, 0.29) is 46.8 Å². The largest absolute Gasteiger partial charge is 0.507 e. The van der Waals surface area contributed by atoms with Crippen LogP contribution in [0, 0.1) is 0 Å². The number of rotatable bonds is 3. The zero-order valence-corrected chi connectivity index (χ0v) is 12.5. The molecule has 0 spiro atoms. The minimum atomic E-state index is -0.401. The third kappa shape index (κ3) is 2.40. The molecule has 2 aromatic rings. The van der Waals surface area contributed by atoms with Crippen LogP contribution in [0.4, 0.5) is 0 Å². The van der Waals surface area contributed by atoms with Crippen molar-refractivity contribution in [3.63, 3.8) is 0 Å². The standard InChI is InChI=1S/C18H14O5/c1-23-14(20)9-7-10-6-8-13(19)16-15(10)17(21)11-4-2-3-5-12(11)18(16)22/h2-6,8,19H,7,9H2,1H3. The highest BCUT2D eigenvalue weighted by Gasteiger charge is 2.33. The predicted octanol–water partition coefficient (Wildman–Crippen LogP) is 2.27. The van der Waals surface area contributed by atoms with Gasteiger partial charge in [-0.2, -0.15) is 0 Å². The number of ether oxygens (including phenoxy) is 1. The molecule has 0 heterocycles. The molecule has 0 fully saturated rings. The molecule has 1 aliphatic rings. The molecule has 1 aliphatic carbocycles. The molecule has 0 aliphatic heterocycles. The number of hydrogen-bond donors (Lipinski definition) is 1. The average molecular weight is 310 g/mol. The Morgan fingerprint density at radius 2 is 1.61 bits per heavy atom. The molecular formula is C18H14O5. The second-order valence-electron chi connectivity index (χ2n) is 5.27. The van der Waals surface area contributed by atoms with E-state index in [4.69, 9.17) is 0 Å². The maximum atomic E-state index is 12.8. The Hall–Kier alpha value is -2.95. The molecule has 23 heavy (non-hydrogen) atoms. The lowest BCUT2D eigenvalue weighted by atomic mass is 9.80. The van der Waals surface area contributed by atoms with E-state index >= 15 is 0 Å². The number of ketones is 2. The number of hydrogen-bond acceptors (Lipinski definition) is 5. The highest BCUT2D eigenvalue weighted by Crippen LogP contribution is 2.35. The van der Waals surface area contributed by atoms with Crippen LogP contribution < -0.4 is 0 Å². The van der Waals surface area contributed by atoms with Crippen molar-refractivity contribution in [3.8, 4) is 5.75 Å². The van der Waals surface area contributed by atoms with Crippen molar-refractivity contribution in [3.05, 3.63) is 64.2 Å². The van der Waals surface area contributed by atoms with Crippen molar-refractivity contribution in [2.75, 3.05) is 7.11 Å². The number of phenols is 1. The van der Waals surface area contributed by atoms with Gasteiger partial charge in [-0.05, 0) is 18.1 Å². The number of carbonyl (C=O) groups is 3. The van der Waals surface area contributed by atoms with E-state index in [0.717, 1.165) is 0 Å². The van der Waals surface area contributed by atoms with Gasteiger partial charge in [0.1, 0.15) is 5.75 Å². The smallest absolute Gasteiger partial charge is 0.305 e. The first kappa shape index (κ1) is 15.0. The highest BCUT2D eigenvalue weighted by atomic mass is 16.5. The minimum absolute atomic E-state index is 0.0102. The maximum absolute atomic E-state index is 12.8. The SMILES string of the molecule is COC(=O)CCc1ccc(O)c2c1C(=O)c1ccccc1C2=O. The minimum Gasteiger partial charge on any atom is -0.507 e. The van der Waals surface area contributed by atoms with E-state index in [0.29, 0.717) is 11.1 Å². The fourth-order valence-corrected chi connectivity index (χ4v) is 2.82. The van der Waals surface area contributed by atoms with Crippen molar-refractivity contribution < 1.29 is 24.2 Å². The van der Waals surface area contributed by atoms with Gasteiger partial charge >= 0.3 is 5.97 Å². The van der Waals surface area contributed by atoms with Gasteiger partial charge in [0.25, 0.3) is 0 Å². The molecule has 1 N–H and O–H groups in total. The number of phenolic OH excluding ortho intramolecular Hbond substituents is 1. The van der Waals surface area contributed by atoms with Crippen molar-refractivity contribution >= 4 is 17.5 Å². The monoisotopic (exact) mass is 310 g/mol. The van der Waals surface area contributed by atoms with Crippen molar-refractivity contribution in [1.82, 2.24) is 0 Å². The molecule has 116 valence electrons. The molecule has 2 aromatic carbocycles. The molecule has 0 saturated carbocycles. The Labute approximate surface area is 132 Å². The van der Waals surface area contributed by atoms with Gasteiger partial charge in [0.05, 0.1) is 12.7 Å². The zero-order valence-electron chi connectivity index (χ0n) is 12.5. The maximum Gasteiger partial charge on any atom is 0.305 e. The van der Waals surface area contributed by atoms with E-state index in [2.05, 4.69) is 4.74 Å². The third-order valence-electron chi connectivity index (χ3n) is 3.97. The van der Waals surface area contributed by atoms with Gasteiger partial charge in [0.2, 0.25) is 0 Å². The van der Waals surface area contributed by atoms with Crippen LogP contribution in [-0.4, -0.2) is 29.8 Å². The molecule has 0 unspecified atom stereocenters. The Bertz CT molecular complexity index is 835. The number of benzene rings is 2. The molecule has 0 aromatic heterocycles. The molecule has 0 amide bonds. The molecule has 5 nitrogen and oxygen atoms in total. The van der Waals surface area contributed by atoms with Gasteiger partial charge in [-0.25, -0.2) is 0 Å². The normalized spacial score (nSPS) is 12.6. The van der Waals surface area contributed by atoms with E-state index in [1.807, 2.05) is 0 Å². The summed E-state index contributed by atoms with van der Waals surface area (Å²) in [5, 5.41) is 10.1. The summed E-state index contributed by atoms with van der Waals surface area (Å²) >= 11 is 0. The van der Waals surface area contributed by atoms with Gasteiger partial charge < -0.3 is 9.84 Å². The summed E-state index contributed by atoms with van der Waals surface area (Å²) in [6.07, 6.45) is 0.354. The van der Waals surface area contributed by atoms with Gasteiger partial charge in [0, 0.05) is 23.1 Å². The Morgan fingerprint density at radius 3 is 2.22 bits per heavy atom. The Balaban J connectivity index is 2.13. The van der Waals surface area contributed by atoms with E-state index in [1.165, 1.54) is 13.2 Å². The van der Waals surface area contributed by atoms with Crippen LogP contribution in [0.15, 0.2) is 36.4 Å². The van der Waals surface area contributed by atoms with Crippen molar-refractivity contribution in [1.29, 1.82) is 0 Å².